The molecule has 3 aliphatic heterocycles. The standard InChI is InChI=1S/C17H22O3/c1-3-10(2)11-4-6-13(7-5-11)18-9-12-8-14-16-17(20-16)15(12)19-14/h4-7,10,12,14-17H,3,8-9H2,1-2H3. The Bertz CT molecular complexity index is 484. The lowest BCUT2D eigenvalue weighted by Gasteiger charge is -2.17. The Hall–Kier alpha value is -1.06. The van der Waals surface area contributed by atoms with Gasteiger partial charge in [0.2, 0.25) is 0 Å². The molecule has 4 rings (SSSR count). The summed E-state index contributed by atoms with van der Waals surface area (Å²) in [5.74, 6) is 2.08. The van der Waals surface area contributed by atoms with Crippen LogP contribution in [0.15, 0.2) is 24.3 Å². The first-order valence-corrected chi connectivity index (χ1v) is 7.80. The van der Waals surface area contributed by atoms with Crippen LogP contribution in [0, 0.1) is 5.92 Å². The Kier molecular flexibility index (Phi) is 3.00. The molecular formula is C17H22O3. The maximum absolute atomic E-state index is 5.94. The first-order valence-electron chi connectivity index (χ1n) is 7.80. The van der Waals surface area contributed by atoms with Crippen LogP contribution in [0.1, 0.15) is 38.2 Å². The van der Waals surface area contributed by atoms with Crippen molar-refractivity contribution >= 4 is 0 Å². The summed E-state index contributed by atoms with van der Waals surface area (Å²) in [7, 11) is 0. The highest BCUT2D eigenvalue weighted by molar-refractivity contribution is 5.29. The van der Waals surface area contributed by atoms with E-state index in [9.17, 15) is 0 Å². The summed E-state index contributed by atoms with van der Waals surface area (Å²) < 4.78 is 17.4. The number of hydrogen-bond acceptors (Lipinski definition) is 3. The number of hydrogen-bond donors (Lipinski definition) is 0. The number of ether oxygens (including phenoxy) is 3. The van der Waals surface area contributed by atoms with E-state index in [-0.39, 0.29) is 6.10 Å². The van der Waals surface area contributed by atoms with Crippen LogP contribution < -0.4 is 4.74 Å². The second kappa shape index (κ2) is 4.74. The zero-order valence-electron chi connectivity index (χ0n) is 12.1. The van der Waals surface area contributed by atoms with Gasteiger partial charge in [-0.25, -0.2) is 0 Å². The minimum atomic E-state index is 0.282. The van der Waals surface area contributed by atoms with E-state index in [1.165, 1.54) is 12.0 Å². The zero-order valence-corrected chi connectivity index (χ0v) is 12.1. The van der Waals surface area contributed by atoms with Gasteiger partial charge in [-0.3, -0.25) is 0 Å². The summed E-state index contributed by atoms with van der Waals surface area (Å²) in [6, 6.07) is 8.54. The lowest BCUT2D eigenvalue weighted by Crippen LogP contribution is -2.28. The number of fused-ring (bicyclic) bond motifs is 5. The summed E-state index contributed by atoms with van der Waals surface area (Å²) in [6.45, 7) is 5.22. The third kappa shape index (κ3) is 2.04. The Morgan fingerprint density at radius 3 is 2.60 bits per heavy atom. The molecule has 1 aromatic rings. The molecule has 3 nitrogen and oxygen atoms in total. The van der Waals surface area contributed by atoms with Gasteiger partial charge in [-0.1, -0.05) is 26.0 Å². The van der Waals surface area contributed by atoms with E-state index in [2.05, 4.69) is 38.1 Å². The molecule has 0 radical (unpaired) electrons. The van der Waals surface area contributed by atoms with E-state index in [0.717, 1.165) is 18.8 Å². The summed E-state index contributed by atoms with van der Waals surface area (Å²) in [5.41, 5.74) is 1.39. The molecule has 0 aliphatic carbocycles. The molecule has 2 bridgehead atoms. The fourth-order valence-corrected chi connectivity index (χ4v) is 3.55. The molecule has 3 heterocycles. The first-order chi connectivity index (χ1) is 9.76. The average molecular weight is 274 g/mol. The molecule has 3 fully saturated rings. The fraction of sp³-hybridized carbons (Fsp3) is 0.647. The van der Waals surface area contributed by atoms with E-state index in [1.807, 2.05) is 0 Å². The molecule has 0 aromatic heterocycles. The van der Waals surface area contributed by atoms with Crippen molar-refractivity contribution in [2.45, 2.75) is 57.0 Å². The van der Waals surface area contributed by atoms with Gasteiger partial charge in [0.1, 0.15) is 18.0 Å². The zero-order chi connectivity index (χ0) is 13.7. The van der Waals surface area contributed by atoms with Crippen LogP contribution in [-0.2, 0) is 9.47 Å². The van der Waals surface area contributed by atoms with Crippen molar-refractivity contribution in [2.75, 3.05) is 6.61 Å². The SMILES string of the molecule is CCC(C)c1ccc(OCC2CC3OC2C2OC32)cc1. The van der Waals surface area contributed by atoms with E-state index in [4.69, 9.17) is 14.2 Å². The highest BCUT2D eigenvalue weighted by atomic mass is 16.7. The van der Waals surface area contributed by atoms with Crippen LogP contribution >= 0.6 is 0 Å². The second-order valence-corrected chi connectivity index (χ2v) is 6.39. The maximum Gasteiger partial charge on any atom is 0.119 e. The Balaban J connectivity index is 1.33. The molecule has 3 aliphatic rings. The smallest absolute Gasteiger partial charge is 0.119 e. The molecular weight excluding hydrogens is 252 g/mol. The van der Waals surface area contributed by atoms with Crippen molar-refractivity contribution in [3.05, 3.63) is 29.8 Å². The Morgan fingerprint density at radius 1 is 1.15 bits per heavy atom. The van der Waals surface area contributed by atoms with Crippen molar-refractivity contribution in [2.24, 2.45) is 5.92 Å². The molecule has 1 aromatic carbocycles. The van der Waals surface area contributed by atoms with Crippen molar-refractivity contribution < 1.29 is 14.2 Å². The Morgan fingerprint density at radius 2 is 1.95 bits per heavy atom. The average Bonchev–Trinajstić information content (AvgIpc) is 3.10. The monoisotopic (exact) mass is 274 g/mol. The molecule has 0 amide bonds. The molecule has 3 heteroatoms. The summed E-state index contributed by atoms with van der Waals surface area (Å²) in [4.78, 5) is 0. The lowest BCUT2D eigenvalue weighted by molar-refractivity contribution is 0.00715. The van der Waals surface area contributed by atoms with Crippen LogP contribution in [0.3, 0.4) is 0 Å². The van der Waals surface area contributed by atoms with Gasteiger partial charge >= 0.3 is 0 Å². The van der Waals surface area contributed by atoms with Gasteiger partial charge in [0, 0.05) is 5.92 Å². The molecule has 108 valence electrons. The van der Waals surface area contributed by atoms with Gasteiger partial charge in [0.25, 0.3) is 0 Å². The van der Waals surface area contributed by atoms with Crippen LogP contribution in [0.25, 0.3) is 0 Å². The number of benzene rings is 1. The predicted octanol–water partition coefficient (Wildman–Crippen LogP) is 3.13. The second-order valence-electron chi connectivity index (χ2n) is 6.39. The highest BCUT2D eigenvalue weighted by Crippen LogP contribution is 2.50. The summed E-state index contributed by atoms with van der Waals surface area (Å²) in [6.07, 6.45) is 3.67. The topological polar surface area (TPSA) is 31.0 Å². The van der Waals surface area contributed by atoms with Crippen LogP contribution in [-0.4, -0.2) is 31.0 Å². The third-order valence-electron chi connectivity index (χ3n) is 5.11. The van der Waals surface area contributed by atoms with Crippen molar-refractivity contribution in [3.63, 3.8) is 0 Å². The Labute approximate surface area is 120 Å². The molecule has 0 saturated carbocycles. The molecule has 0 spiro atoms. The minimum absolute atomic E-state index is 0.282. The lowest BCUT2D eigenvalue weighted by atomic mass is 9.90. The summed E-state index contributed by atoms with van der Waals surface area (Å²) in [5, 5.41) is 0. The van der Waals surface area contributed by atoms with E-state index in [0.29, 0.717) is 30.1 Å². The quantitative estimate of drug-likeness (QED) is 0.773. The van der Waals surface area contributed by atoms with Gasteiger partial charge in [-0.15, -0.1) is 0 Å². The van der Waals surface area contributed by atoms with Gasteiger partial charge in [0.05, 0.1) is 18.8 Å². The number of rotatable bonds is 5. The van der Waals surface area contributed by atoms with Gasteiger partial charge in [-0.05, 0) is 36.5 Å². The predicted molar refractivity (Wildman–Crippen MR) is 76.1 cm³/mol. The molecule has 6 atom stereocenters. The molecule has 20 heavy (non-hydrogen) atoms. The van der Waals surface area contributed by atoms with Gasteiger partial charge < -0.3 is 14.2 Å². The highest BCUT2D eigenvalue weighted by Gasteiger charge is 2.65. The van der Waals surface area contributed by atoms with Gasteiger partial charge in [-0.2, -0.15) is 0 Å². The molecule has 6 unspecified atom stereocenters. The fourth-order valence-electron chi connectivity index (χ4n) is 3.55. The van der Waals surface area contributed by atoms with Crippen LogP contribution in [0.5, 0.6) is 5.75 Å². The normalized spacial score (nSPS) is 38.6. The maximum atomic E-state index is 5.94. The summed E-state index contributed by atoms with van der Waals surface area (Å²) >= 11 is 0. The molecule has 0 N–H and O–H groups in total. The van der Waals surface area contributed by atoms with E-state index < -0.39 is 0 Å². The largest absolute Gasteiger partial charge is 0.493 e. The number of epoxide rings is 1. The van der Waals surface area contributed by atoms with Crippen molar-refractivity contribution in [3.8, 4) is 5.75 Å². The van der Waals surface area contributed by atoms with Crippen molar-refractivity contribution in [1.29, 1.82) is 0 Å². The van der Waals surface area contributed by atoms with E-state index in [1.54, 1.807) is 0 Å². The minimum Gasteiger partial charge on any atom is -0.493 e. The van der Waals surface area contributed by atoms with Crippen LogP contribution in [0.2, 0.25) is 0 Å². The van der Waals surface area contributed by atoms with Crippen LogP contribution in [0.4, 0.5) is 0 Å². The van der Waals surface area contributed by atoms with E-state index >= 15 is 0 Å². The first kappa shape index (κ1) is 12.7. The van der Waals surface area contributed by atoms with Crippen molar-refractivity contribution in [1.82, 2.24) is 0 Å². The third-order valence-corrected chi connectivity index (χ3v) is 5.11. The molecule has 3 saturated heterocycles. The van der Waals surface area contributed by atoms with Gasteiger partial charge in [0.15, 0.2) is 0 Å².